The summed E-state index contributed by atoms with van der Waals surface area (Å²) in [5, 5.41) is 3.83. The number of nitrogens with two attached hydrogens (primary N) is 1. The number of fused-ring (bicyclic) bond motifs is 1. The van der Waals surface area contributed by atoms with Crippen molar-refractivity contribution in [3.8, 4) is 0 Å². The van der Waals surface area contributed by atoms with Gasteiger partial charge in [0, 0.05) is 13.1 Å². The van der Waals surface area contributed by atoms with Crippen molar-refractivity contribution in [1.29, 1.82) is 0 Å². The number of nitrogens with zero attached hydrogens (tertiary/aromatic N) is 2. The van der Waals surface area contributed by atoms with E-state index in [1.165, 1.54) is 0 Å². The second kappa shape index (κ2) is 9.36. The third-order valence-electron chi connectivity index (χ3n) is 7.73. The number of amides is 4. The van der Waals surface area contributed by atoms with Crippen LogP contribution >= 0.6 is 0 Å². The summed E-state index contributed by atoms with van der Waals surface area (Å²) < 4.78 is 5.49. The summed E-state index contributed by atoms with van der Waals surface area (Å²) in [4.78, 5) is 53.5. The third kappa shape index (κ3) is 5.16. The molecule has 4 N–H and O–H groups in total. The summed E-state index contributed by atoms with van der Waals surface area (Å²) in [5.41, 5.74) is 8.07. The maximum atomic E-state index is 13.6. The highest BCUT2D eigenvalue weighted by Crippen LogP contribution is 2.64. The highest BCUT2D eigenvalue weighted by Gasteiger charge is 2.69. The first-order valence-electron chi connectivity index (χ1n) is 12.3. The van der Waals surface area contributed by atoms with Crippen molar-refractivity contribution in [3.05, 3.63) is 0 Å². The van der Waals surface area contributed by atoms with Crippen molar-refractivity contribution < 1.29 is 23.9 Å². The molecule has 3 fully saturated rings. The summed E-state index contributed by atoms with van der Waals surface area (Å²) in [6.07, 6.45) is 0.578. The smallest absolute Gasteiger partial charge is 0.429 e. The normalized spacial score (nSPS) is 29.1. The zero-order valence-electron chi connectivity index (χ0n) is 21.5. The number of piperidine rings is 1. The standard InChI is InChI=1S/C24H41N5O5/c1-8-13(2)17(25)21(32)28-12-15-16(24(15,6)7)18(28)20(31)27-29(22(33)34-23(3,4)5)11-14-9-10-26-19(14)30/h13-18H,8-12,25H2,1-7H3,(H,26,30)(H,27,31)/t13-,14+,15+,16+,17+,18+/m1/s1. The monoisotopic (exact) mass is 479 g/mol. The number of likely N-dealkylation sites (tertiary alicyclic amines) is 1. The number of ether oxygens (including phenoxy) is 1. The van der Waals surface area contributed by atoms with Crippen molar-refractivity contribution in [1.82, 2.24) is 20.7 Å². The minimum absolute atomic E-state index is 0.00295. The van der Waals surface area contributed by atoms with E-state index in [2.05, 4.69) is 24.6 Å². The highest BCUT2D eigenvalue weighted by molar-refractivity contribution is 5.92. The second-order valence-electron chi connectivity index (χ2n) is 11.6. The Balaban J connectivity index is 1.81. The lowest BCUT2D eigenvalue weighted by Crippen LogP contribution is -2.59. The van der Waals surface area contributed by atoms with E-state index in [0.29, 0.717) is 19.5 Å². The zero-order chi connectivity index (χ0) is 25.6. The number of hydrogen-bond acceptors (Lipinski definition) is 6. The molecule has 4 amide bonds. The van der Waals surface area contributed by atoms with Gasteiger partial charge in [-0.05, 0) is 50.4 Å². The molecule has 3 rings (SSSR count). The number of nitrogens with one attached hydrogen (secondary N) is 2. The van der Waals surface area contributed by atoms with Crippen LogP contribution in [0.1, 0.15) is 61.3 Å². The van der Waals surface area contributed by atoms with Crippen molar-refractivity contribution >= 4 is 23.8 Å². The maximum Gasteiger partial charge on any atom is 0.429 e. The Morgan fingerprint density at radius 1 is 1.32 bits per heavy atom. The molecule has 1 saturated carbocycles. The molecule has 0 aromatic rings. The lowest BCUT2D eigenvalue weighted by atomic mass is 9.96. The lowest BCUT2D eigenvalue weighted by Gasteiger charge is -2.35. The molecule has 10 heteroatoms. The van der Waals surface area contributed by atoms with Crippen LogP contribution in [0.15, 0.2) is 0 Å². The molecule has 0 spiro atoms. The number of carbonyl (C=O) groups is 4. The van der Waals surface area contributed by atoms with Crippen LogP contribution in [0.4, 0.5) is 4.79 Å². The van der Waals surface area contributed by atoms with Crippen molar-refractivity contribution in [2.75, 3.05) is 19.6 Å². The fraction of sp³-hybridized carbons (Fsp3) is 0.833. The molecular formula is C24H41N5O5. The first-order valence-corrected chi connectivity index (χ1v) is 12.3. The Morgan fingerprint density at radius 3 is 2.50 bits per heavy atom. The van der Waals surface area contributed by atoms with E-state index in [1.807, 2.05) is 13.8 Å². The summed E-state index contributed by atoms with van der Waals surface area (Å²) in [5.74, 6) is -1.13. The first-order chi connectivity index (χ1) is 15.7. The van der Waals surface area contributed by atoms with Gasteiger partial charge in [-0.25, -0.2) is 9.80 Å². The molecule has 1 aliphatic carbocycles. The van der Waals surface area contributed by atoms with E-state index >= 15 is 0 Å². The molecule has 2 heterocycles. The average Bonchev–Trinajstić information content (AvgIpc) is 3.11. The fourth-order valence-corrected chi connectivity index (χ4v) is 5.22. The van der Waals surface area contributed by atoms with Gasteiger partial charge in [0.25, 0.3) is 5.91 Å². The van der Waals surface area contributed by atoms with Crippen LogP contribution in [-0.2, 0) is 19.1 Å². The minimum Gasteiger partial charge on any atom is -0.442 e. The summed E-state index contributed by atoms with van der Waals surface area (Å²) >= 11 is 0. The molecule has 3 aliphatic rings. The Kier molecular flexibility index (Phi) is 7.22. The van der Waals surface area contributed by atoms with Gasteiger partial charge < -0.3 is 20.7 Å². The Hall–Kier alpha value is -2.36. The molecule has 0 bridgehead atoms. The summed E-state index contributed by atoms with van der Waals surface area (Å²) in [6.45, 7) is 14.3. The SMILES string of the molecule is CC[C@@H](C)[C@H](N)C(=O)N1C[C@H]2[C@@H]([C@H]1C(=O)NN(C[C@@H]1CCNC1=O)C(=O)OC(C)(C)C)C2(C)C. The van der Waals surface area contributed by atoms with Crippen LogP contribution in [-0.4, -0.2) is 71.0 Å². The molecule has 34 heavy (non-hydrogen) atoms. The van der Waals surface area contributed by atoms with Gasteiger partial charge in [-0.15, -0.1) is 0 Å². The Labute approximate surface area is 202 Å². The van der Waals surface area contributed by atoms with Gasteiger partial charge >= 0.3 is 6.09 Å². The van der Waals surface area contributed by atoms with E-state index in [4.69, 9.17) is 10.5 Å². The average molecular weight is 480 g/mol. The van der Waals surface area contributed by atoms with Gasteiger partial charge in [-0.2, -0.15) is 0 Å². The van der Waals surface area contributed by atoms with E-state index in [-0.39, 0.29) is 41.5 Å². The highest BCUT2D eigenvalue weighted by atomic mass is 16.6. The third-order valence-corrected chi connectivity index (χ3v) is 7.73. The molecule has 0 unspecified atom stereocenters. The topological polar surface area (TPSA) is 134 Å². The first kappa shape index (κ1) is 26.2. The van der Waals surface area contributed by atoms with Crippen molar-refractivity contribution in [3.63, 3.8) is 0 Å². The van der Waals surface area contributed by atoms with Gasteiger partial charge in [0.15, 0.2) is 0 Å². The molecule has 192 valence electrons. The molecule has 0 aromatic carbocycles. The largest absolute Gasteiger partial charge is 0.442 e. The Bertz CT molecular complexity index is 838. The van der Waals surface area contributed by atoms with E-state index in [1.54, 1.807) is 25.7 Å². The molecule has 0 radical (unpaired) electrons. The molecule has 10 nitrogen and oxygen atoms in total. The van der Waals surface area contributed by atoms with E-state index < -0.39 is 35.6 Å². The van der Waals surface area contributed by atoms with Crippen LogP contribution in [0.5, 0.6) is 0 Å². The van der Waals surface area contributed by atoms with Gasteiger partial charge in [-0.1, -0.05) is 34.1 Å². The second-order valence-corrected chi connectivity index (χ2v) is 11.6. The zero-order valence-corrected chi connectivity index (χ0v) is 21.5. The fourth-order valence-electron chi connectivity index (χ4n) is 5.22. The van der Waals surface area contributed by atoms with Gasteiger partial charge in [0.2, 0.25) is 11.8 Å². The van der Waals surface area contributed by atoms with Gasteiger partial charge in [-0.3, -0.25) is 19.8 Å². The van der Waals surface area contributed by atoms with E-state index in [9.17, 15) is 19.2 Å². The van der Waals surface area contributed by atoms with Crippen molar-refractivity contribution in [2.45, 2.75) is 79.0 Å². The van der Waals surface area contributed by atoms with Gasteiger partial charge in [0.1, 0.15) is 11.6 Å². The quantitative estimate of drug-likeness (QED) is 0.491. The predicted molar refractivity (Wildman–Crippen MR) is 126 cm³/mol. The maximum absolute atomic E-state index is 13.6. The Morgan fingerprint density at radius 2 is 1.97 bits per heavy atom. The van der Waals surface area contributed by atoms with Gasteiger partial charge in [0.05, 0.1) is 18.5 Å². The summed E-state index contributed by atoms with van der Waals surface area (Å²) in [6, 6.07) is -1.42. The van der Waals surface area contributed by atoms with Crippen LogP contribution < -0.4 is 16.5 Å². The van der Waals surface area contributed by atoms with Crippen LogP contribution in [0.25, 0.3) is 0 Å². The molecule has 2 saturated heterocycles. The molecule has 6 atom stereocenters. The van der Waals surface area contributed by atoms with Crippen LogP contribution in [0.2, 0.25) is 0 Å². The van der Waals surface area contributed by atoms with E-state index in [0.717, 1.165) is 11.4 Å². The predicted octanol–water partition coefficient (Wildman–Crippen LogP) is 1.25. The number of hydrogen-bond donors (Lipinski definition) is 3. The molecular weight excluding hydrogens is 438 g/mol. The molecule has 0 aromatic heterocycles. The molecule has 2 aliphatic heterocycles. The van der Waals surface area contributed by atoms with Crippen molar-refractivity contribution in [2.24, 2.45) is 34.8 Å². The number of carbonyl (C=O) groups excluding carboxylic acids is 4. The summed E-state index contributed by atoms with van der Waals surface area (Å²) in [7, 11) is 0. The number of rotatable bonds is 6. The number of hydrazine groups is 1. The van der Waals surface area contributed by atoms with Crippen LogP contribution in [0, 0.1) is 29.1 Å². The minimum atomic E-state index is -0.778. The lowest BCUT2D eigenvalue weighted by molar-refractivity contribution is -0.144. The van der Waals surface area contributed by atoms with Crippen LogP contribution in [0.3, 0.4) is 0 Å².